The molecule has 2 N–H and O–H groups in total. The number of hydrogen-bond acceptors (Lipinski definition) is 5. The lowest BCUT2D eigenvalue weighted by Crippen LogP contribution is -2.31. The number of nitrogens with zero attached hydrogens (tertiary/aromatic N) is 2. The summed E-state index contributed by atoms with van der Waals surface area (Å²) < 4.78 is 0. The third kappa shape index (κ3) is 1.96. The third-order valence-electron chi connectivity index (χ3n) is 2.86. The van der Waals surface area contributed by atoms with Crippen molar-refractivity contribution >= 4 is 17.3 Å². The lowest BCUT2D eigenvalue weighted by Gasteiger charge is -2.14. The molecule has 0 saturated heterocycles. The molecular weight excluding hydrogens is 238 g/mol. The van der Waals surface area contributed by atoms with Crippen LogP contribution in [0.15, 0.2) is 18.2 Å². The zero-order chi connectivity index (χ0) is 13.3. The Kier molecular flexibility index (Phi) is 2.63. The van der Waals surface area contributed by atoms with Crippen molar-refractivity contribution in [1.29, 1.82) is 5.26 Å². The van der Waals surface area contributed by atoms with E-state index in [0.29, 0.717) is 12.8 Å². The highest BCUT2D eigenvalue weighted by molar-refractivity contribution is 5.87. The van der Waals surface area contributed by atoms with Gasteiger partial charge in [0, 0.05) is 6.07 Å². The van der Waals surface area contributed by atoms with Crippen LogP contribution in [0.25, 0.3) is 0 Å². The van der Waals surface area contributed by atoms with Crippen molar-refractivity contribution in [2.75, 3.05) is 5.32 Å². The molecule has 0 spiro atoms. The van der Waals surface area contributed by atoms with E-state index < -0.39 is 16.4 Å². The van der Waals surface area contributed by atoms with Crippen LogP contribution < -0.4 is 5.32 Å². The molecule has 1 aromatic rings. The molecule has 0 aromatic heterocycles. The monoisotopic (exact) mass is 247 g/mol. The van der Waals surface area contributed by atoms with Crippen LogP contribution in [0.4, 0.5) is 11.4 Å². The van der Waals surface area contributed by atoms with Gasteiger partial charge in [0.2, 0.25) is 0 Å². The molecular formula is C11H9N3O4. The van der Waals surface area contributed by atoms with E-state index in [-0.39, 0.29) is 16.9 Å². The van der Waals surface area contributed by atoms with Crippen molar-refractivity contribution < 1.29 is 14.8 Å². The van der Waals surface area contributed by atoms with Gasteiger partial charge < -0.3 is 10.4 Å². The van der Waals surface area contributed by atoms with Crippen LogP contribution in [0.1, 0.15) is 18.4 Å². The van der Waals surface area contributed by atoms with Crippen LogP contribution in [0, 0.1) is 21.4 Å². The first-order chi connectivity index (χ1) is 8.48. The fourth-order valence-corrected chi connectivity index (χ4v) is 1.64. The molecule has 2 rings (SSSR count). The van der Waals surface area contributed by atoms with Gasteiger partial charge in [-0.05, 0) is 25.0 Å². The second kappa shape index (κ2) is 4.00. The number of anilines is 1. The molecule has 1 fully saturated rings. The summed E-state index contributed by atoms with van der Waals surface area (Å²) in [6, 6.07) is 5.67. The molecule has 0 radical (unpaired) electrons. The SMILES string of the molecule is N#Cc1ccc([N+](=O)[O-])c(NC2(C(=O)O)CC2)c1. The zero-order valence-corrected chi connectivity index (χ0v) is 9.21. The molecule has 0 bridgehead atoms. The van der Waals surface area contributed by atoms with E-state index in [1.807, 2.05) is 6.07 Å². The van der Waals surface area contributed by atoms with Crippen molar-refractivity contribution in [3.63, 3.8) is 0 Å². The Hall–Kier alpha value is -2.62. The Bertz CT molecular complexity index is 572. The summed E-state index contributed by atoms with van der Waals surface area (Å²) in [5.41, 5.74) is -1.05. The van der Waals surface area contributed by atoms with Crippen LogP contribution in [0.2, 0.25) is 0 Å². The van der Waals surface area contributed by atoms with E-state index in [2.05, 4.69) is 5.32 Å². The maximum atomic E-state index is 11.0. The molecule has 18 heavy (non-hydrogen) atoms. The molecule has 92 valence electrons. The van der Waals surface area contributed by atoms with Gasteiger partial charge in [0.05, 0.1) is 16.6 Å². The predicted molar refractivity (Wildman–Crippen MR) is 61.0 cm³/mol. The minimum atomic E-state index is -1.13. The Morgan fingerprint density at radius 1 is 1.56 bits per heavy atom. The van der Waals surface area contributed by atoms with E-state index in [9.17, 15) is 14.9 Å². The van der Waals surface area contributed by atoms with Gasteiger partial charge in [-0.25, -0.2) is 4.79 Å². The zero-order valence-electron chi connectivity index (χ0n) is 9.21. The maximum absolute atomic E-state index is 11.0. The van der Waals surface area contributed by atoms with Crippen LogP contribution in [-0.2, 0) is 4.79 Å². The molecule has 7 nitrogen and oxygen atoms in total. The number of aliphatic carboxylic acids is 1. The first kappa shape index (κ1) is 11.9. The fourth-order valence-electron chi connectivity index (χ4n) is 1.64. The van der Waals surface area contributed by atoms with E-state index in [1.165, 1.54) is 18.2 Å². The van der Waals surface area contributed by atoms with Crippen LogP contribution >= 0.6 is 0 Å². The normalized spacial score (nSPS) is 15.5. The molecule has 1 aliphatic rings. The van der Waals surface area contributed by atoms with E-state index in [1.54, 1.807) is 0 Å². The lowest BCUT2D eigenvalue weighted by molar-refractivity contribution is -0.384. The molecule has 1 aliphatic carbocycles. The molecule has 0 unspecified atom stereocenters. The number of carboxylic acid groups (broad SMARTS) is 1. The van der Waals surface area contributed by atoms with Gasteiger partial charge >= 0.3 is 5.97 Å². The lowest BCUT2D eigenvalue weighted by atomic mass is 10.1. The quantitative estimate of drug-likeness (QED) is 0.615. The third-order valence-corrected chi connectivity index (χ3v) is 2.86. The molecule has 0 heterocycles. The second-order valence-electron chi connectivity index (χ2n) is 4.11. The van der Waals surface area contributed by atoms with E-state index >= 15 is 0 Å². The Morgan fingerprint density at radius 2 is 2.22 bits per heavy atom. The predicted octanol–water partition coefficient (Wildman–Crippen LogP) is 1.50. The van der Waals surface area contributed by atoms with Crippen molar-refractivity contribution in [3.8, 4) is 6.07 Å². The number of nitrogens with one attached hydrogen (secondary N) is 1. The second-order valence-corrected chi connectivity index (χ2v) is 4.11. The van der Waals surface area contributed by atoms with Gasteiger partial charge in [0.1, 0.15) is 11.2 Å². The highest BCUT2D eigenvalue weighted by atomic mass is 16.6. The average Bonchev–Trinajstić information content (AvgIpc) is 3.09. The van der Waals surface area contributed by atoms with Gasteiger partial charge in [-0.1, -0.05) is 0 Å². The minimum Gasteiger partial charge on any atom is -0.480 e. The number of carboxylic acids is 1. The number of nitriles is 1. The van der Waals surface area contributed by atoms with Gasteiger partial charge in [0.25, 0.3) is 5.69 Å². The number of nitro benzene ring substituents is 1. The average molecular weight is 247 g/mol. The molecule has 0 atom stereocenters. The van der Waals surface area contributed by atoms with Crippen molar-refractivity contribution in [3.05, 3.63) is 33.9 Å². The van der Waals surface area contributed by atoms with Crippen molar-refractivity contribution in [1.82, 2.24) is 0 Å². The first-order valence-corrected chi connectivity index (χ1v) is 5.19. The van der Waals surface area contributed by atoms with Crippen LogP contribution in [0.3, 0.4) is 0 Å². The summed E-state index contributed by atoms with van der Waals surface area (Å²) in [7, 11) is 0. The largest absolute Gasteiger partial charge is 0.480 e. The number of benzene rings is 1. The number of rotatable bonds is 4. The Morgan fingerprint density at radius 3 is 2.67 bits per heavy atom. The summed E-state index contributed by atoms with van der Waals surface area (Å²) in [6.07, 6.45) is 0.826. The summed E-state index contributed by atoms with van der Waals surface area (Å²) >= 11 is 0. The fraction of sp³-hybridized carbons (Fsp3) is 0.273. The highest BCUT2D eigenvalue weighted by Crippen LogP contribution is 2.41. The van der Waals surface area contributed by atoms with Crippen LogP contribution in [-0.4, -0.2) is 21.5 Å². The molecule has 1 aromatic carbocycles. The molecule has 0 amide bonds. The topological polar surface area (TPSA) is 116 Å². The summed E-state index contributed by atoms with van der Waals surface area (Å²) in [5, 5.41) is 31.3. The van der Waals surface area contributed by atoms with Gasteiger partial charge in [-0.3, -0.25) is 10.1 Å². The molecule has 0 aliphatic heterocycles. The van der Waals surface area contributed by atoms with Gasteiger partial charge in [0.15, 0.2) is 0 Å². The summed E-state index contributed by atoms with van der Waals surface area (Å²) in [5.74, 6) is -1.04. The van der Waals surface area contributed by atoms with Crippen molar-refractivity contribution in [2.45, 2.75) is 18.4 Å². The summed E-state index contributed by atoms with van der Waals surface area (Å²) in [6.45, 7) is 0. The van der Waals surface area contributed by atoms with E-state index in [0.717, 1.165) is 0 Å². The smallest absolute Gasteiger partial charge is 0.329 e. The van der Waals surface area contributed by atoms with Gasteiger partial charge in [-0.15, -0.1) is 0 Å². The molecule has 1 saturated carbocycles. The van der Waals surface area contributed by atoms with Crippen molar-refractivity contribution in [2.24, 2.45) is 0 Å². The Labute approximate surface area is 102 Å². The summed E-state index contributed by atoms with van der Waals surface area (Å²) in [4.78, 5) is 21.2. The minimum absolute atomic E-state index is 0.0685. The first-order valence-electron chi connectivity index (χ1n) is 5.19. The standard InChI is InChI=1S/C11H9N3O4/c12-6-7-1-2-9(14(17)18)8(5-7)13-11(3-4-11)10(15)16/h1-2,5,13H,3-4H2,(H,15,16). The molecule has 7 heteroatoms. The highest BCUT2D eigenvalue weighted by Gasteiger charge is 2.51. The number of nitro groups is 1. The maximum Gasteiger partial charge on any atom is 0.329 e. The number of hydrogen-bond donors (Lipinski definition) is 2. The van der Waals surface area contributed by atoms with E-state index in [4.69, 9.17) is 10.4 Å². The van der Waals surface area contributed by atoms with Crippen LogP contribution in [0.5, 0.6) is 0 Å². The van der Waals surface area contributed by atoms with Gasteiger partial charge in [-0.2, -0.15) is 5.26 Å². The Balaban J connectivity index is 2.39. The number of carbonyl (C=O) groups is 1.